The van der Waals surface area contributed by atoms with Gasteiger partial charge < -0.3 is 15.7 Å². The van der Waals surface area contributed by atoms with Crippen LogP contribution in [0.3, 0.4) is 0 Å². The molecule has 3 heterocycles. The summed E-state index contributed by atoms with van der Waals surface area (Å²) < 4.78 is 26.6. The Balaban J connectivity index is 1.47. The van der Waals surface area contributed by atoms with Crippen molar-refractivity contribution in [2.75, 3.05) is 36.9 Å². The molecule has 1 saturated heterocycles. The summed E-state index contributed by atoms with van der Waals surface area (Å²) >= 11 is 0. The lowest BCUT2D eigenvalue weighted by Gasteiger charge is -2.39. The molecule has 10 heteroatoms. The van der Waals surface area contributed by atoms with E-state index in [1.54, 1.807) is 41.4 Å². The van der Waals surface area contributed by atoms with E-state index in [4.69, 9.17) is 0 Å². The normalized spacial score (nSPS) is 19.9. The Bertz CT molecular complexity index is 1420. The number of hydrogen-bond donors (Lipinski definition) is 3. The predicted octanol–water partition coefficient (Wildman–Crippen LogP) is 3.76. The van der Waals surface area contributed by atoms with Gasteiger partial charge in [-0.15, -0.1) is 0 Å². The second-order valence-corrected chi connectivity index (χ2v) is 9.51. The summed E-state index contributed by atoms with van der Waals surface area (Å²) in [5, 5.41) is 35.4. The van der Waals surface area contributed by atoms with Crippen molar-refractivity contribution in [1.29, 1.82) is 10.5 Å². The summed E-state index contributed by atoms with van der Waals surface area (Å²) in [7, 11) is 0. The number of benzene rings is 2. The number of halogens is 2. The summed E-state index contributed by atoms with van der Waals surface area (Å²) in [6.45, 7) is 2.07. The largest absolute Gasteiger partial charge is 0.395 e. The molecule has 0 radical (unpaired) electrons. The van der Waals surface area contributed by atoms with Crippen LogP contribution < -0.4 is 10.6 Å². The van der Waals surface area contributed by atoms with Gasteiger partial charge in [0.15, 0.2) is 0 Å². The Labute approximate surface area is 206 Å². The summed E-state index contributed by atoms with van der Waals surface area (Å²) in [5.74, 6) is -2.41. The smallest absolute Gasteiger partial charge is 0.272 e. The van der Waals surface area contributed by atoms with Crippen molar-refractivity contribution >= 4 is 17.3 Å². The molecule has 2 aliphatic heterocycles. The van der Waals surface area contributed by atoms with Crippen molar-refractivity contribution in [3.8, 4) is 23.4 Å². The predicted molar refractivity (Wildman–Crippen MR) is 130 cm³/mol. The molecule has 1 aromatic heterocycles. The molecule has 182 valence electrons. The van der Waals surface area contributed by atoms with Crippen LogP contribution in [-0.4, -0.2) is 52.1 Å². The average Bonchev–Trinajstić information content (AvgIpc) is 3.20. The number of rotatable bonds is 6. The minimum absolute atomic E-state index is 0.0706. The maximum absolute atomic E-state index is 13.3. The van der Waals surface area contributed by atoms with Crippen LogP contribution in [0.4, 0.5) is 26.1 Å². The van der Waals surface area contributed by atoms with Crippen molar-refractivity contribution in [3.63, 3.8) is 0 Å². The molecule has 0 unspecified atom stereocenters. The first kappa shape index (κ1) is 23.6. The number of hydrogen-bond acceptors (Lipinski definition) is 8. The highest BCUT2D eigenvalue weighted by molar-refractivity contribution is 5.76. The molecule has 0 saturated carbocycles. The molecule has 5 rings (SSSR count). The third-order valence-electron chi connectivity index (χ3n) is 6.65. The topological polar surface area (TPSA) is 121 Å². The minimum atomic E-state index is -2.67. The summed E-state index contributed by atoms with van der Waals surface area (Å²) in [6.07, 6.45) is 1.58. The van der Waals surface area contributed by atoms with Crippen molar-refractivity contribution in [1.82, 2.24) is 14.9 Å². The lowest BCUT2D eigenvalue weighted by atomic mass is 9.83. The van der Waals surface area contributed by atoms with Gasteiger partial charge >= 0.3 is 0 Å². The van der Waals surface area contributed by atoms with Crippen LogP contribution in [0.15, 0.2) is 42.6 Å². The molecule has 3 aromatic rings. The Morgan fingerprint density at radius 1 is 1.17 bits per heavy atom. The van der Waals surface area contributed by atoms with Gasteiger partial charge in [0.25, 0.3) is 5.92 Å². The number of aliphatic hydroxyl groups excluding tert-OH is 1. The van der Waals surface area contributed by atoms with Crippen molar-refractivity contribution < 1.29 is 13.9 Å². The number of aliphatic hydroxyl groups is 1. The quantitative estimate of drug-likeness (QED) is 0.481. The third-order valence-corrected chi connectivity index (χ3v) is 6.65. The highest BCUT2D eigenvalue weighted by atomic mass is 19.3. The minimum Gasteiger partial charge on any atom is -0.395 e. The molecule has 1 fully saturated rings. The standard InChI is InChI=1S/C26H23F2N7O/c1-25(15-36)12-32-23-19(10-30)7-18(8-20(23)25)21-4-5-31-24(33-21)34-22-6-16(9-29)2-3-17(22)11-35-13-26(27,28)14-35/h2-8,32,36H,11-15H2,1H3,(H,31,33,34)/t25-/m1/s1. The zero-order chi connectivity index (χ0) is 25.5. The highest BCUT2D eigenvalue weighted by Gasteiger charge is 2.43. The summed E-state index contributed by atoms with van der Waals surface area (Å²) in [5.41, 5.74) is 4.50. The second-order valence-electron chi connectivity index (χ2n) is 9.51. The van der Waals surface area contributed by atoms with E-state index in [0.717, 1.165) is 16.8 Å². The Morgan fingerprint density at radius 3 is 2.67 bits per heavy atom. The summed E-state index contributed by atoms with van der Waals surface area (Å²) in [6, 6.07) is 14.7. The van der Waals surface area contributed by atoms with Crippen LogP contribution in [0.1, 0.15) is 29.2 Å². The van der Waals surface area contributed by atoms with E-state index in [1.807, 2.05) is 13.0 Å². The molecule has 3 N–H and O–H groups in total. The Morgan fingerprint density at radius 2 is 1.97 bits per heavy atom. The molecule has 2 aliphatic rings. The third kappa shape index (κ3) is 4.33. The number of nitrogens with zero attached hydrogens (tertiary/aromatic N) is 5. The monoisotopic (exact) mass is 487 g/mol. The van der Waals surface area contributed by atoms with Crippen LogP contribution >= 0.6 is 0 Å². The molecule has 1 atom stereocenters. The first-order chi connectivity index (χ1) is 17.2. The molecule has 0 aliphatic carbocycles. The van der Waals surface area contributed by atoms with Gasteiger partial charge in [-0.05, 0) is 41.5 Å². The van der Waals surface area contributed by atoms with Gasteiger partial charge in [0.05, 0.1) is 48.3 Å². The van der Waals surface area contributed by atoms with E-state index in [1.165, 1.54) is 0 Å². The van der Waals surface area contributed by atoms with Gasteiger partial charge in [0.2, 0.25) is 5.95 Å². The van der Waals surface area contributed by atoms with Gasteiger partial charge in [-0.25, -0.2) is 18.7 Å². The molecular formula is C26H23F2N7O. The summed E-state index contributed by atoms with van der Waals surface area (Å²) in [4.78, 5) is 10.5. The van der Waals surface area contributed by atoms with E-state index >= 15 is 0 Å². The number of alkyl halides is 2. The lowest BCUT2D eigenvalue weighted by molar-refractivity contribution is -0.133. The van der Waals surface area contributed by atoms with Crippen molar-refractivity contribution in [3.05, 3.63) is 64.8 Å². The van der Waals surface area contributed by atoms with Crippen LogP contribution in [0.2, 0.25) is 0 Å². The van der Waals surface area contributed by atoms with Crippen molar-refractivity contribution in [2.45, 2.75) is 24.8 Å². The number of anilines is 3. The SMILES string of the molecule is C[C@]1(CO)CNc2c(C#N)cc(-c3ccnc(Nc4cc(C#N)ccc4CN4CC(F)(F)C4)n3)cc21. The van der Waals surface area contributed by atoms with Gasteiger partial charge in [0.1, 0.15) is 6.07 Å². The zero-order valence-corrected chi connectivity index (χ0v) is 19.5. The molecule has 36 heavy (non-hydrogen) atoms. The van der Waals surface area contributed by atoms with E-state index in [-0.39, 0.29) is 25.6 Å². The molecule has 0 spiro atoms. The first-order valence-corrected chi connectivity index (χ1v) is 11.4. The Kier molecular flexibility index (Phi) is 5.79. The van der Waals surface area contributed by atoms with E-state index in [9.17, 15) is 24.4 Å². The van der Waals surface area contributed by atoms with Crippen molar-refractivity contribution in [2.24, 2.45) is 0 Å². The van der Waals surface area contributed by atoms with E-state index in [0.29, 0.717) is 41.2 Å². The maximum Gasteiger partial charge on any atom is 0.272 e. The Hall–Kier alpha value is -4.12. The fourth-order valence-corrected chi connectivity index (χ4v) is 4.63. The maximum atomic E-state index is 13.3. The van der Waals surface area contributed by atoms with Crippen LogP contribution in [0.5, 0.6) is 0 Å². The van der Waals surface area contributed by atoms with Crippen LogP contribution in [-0.2, 0) is 12.0 Å². The van der Waals surface area contributed by atoms with Gasteiger partial charge in [-0.3, -0.25) is 4.90 Å². The number of aromatic nitrogens is 2. The lowest BCUT2D eigenvalue weighted by Crippen LogP contribution is -2.55. The number of nitriles is 2. The number of nitrogens with one attached hydrogen (secondary N) is 2. The fourth-order valence-electron chi connectivity index (χ4n) is 4.63. The fraction of sp³-hybridized carbons (Fsp3) is 0.308. The van der Waals surface area contributed by atoms with Gasteiger partial charge in [0, 0.05) is 36.0 Å². The molecular weight excluding hydrogens is 464 g/mol. The van der Waals surface area contributed by atoms with Crippen LogP contribution in [0, 0.1) is 22.7 Å². The number of likely N-dealkylation sites (tertiary alicyclic amines) is 1. The first-order valence-electron chi connectivity index (χ1n) is 11.4. The van der Waals surface area contributed by atoms with Gasteiger partial charge in [-0.1, -0.05) is 13.0 Å². The average molecular weight is 488 g/mol. The molecule has 8 nitrogen and oxygen atoms in total. The van der Waals surface area contributed by atoms with E-state index in [2.05, 4.69) is 32.7 Å². The van der Waals surface area contributed by atoms with Crippen LogP contribution in [0.25, 0.3) is 11.3 Å². The van der Waals surface area contributed by atoms with Gasteiger partial charge in [-0.2, -0.15) is 10.5 Å². The molecule has 0 bridgehead atoms. The second kappa shape index (κ2) is 8.83. The molecule has 2 aromatic carbocycles. The highest BCUT2D eigenvalue weighted by Crippen LogP contribution is 2.41. The zero-order valence-electron chi connectivity index (χ0n) is 19.5. The number of fused-ring (bicyclic) bond motifs is 1. The molecule has 0 amide bonds. The van der Waals surface area contributed by atoms with E-state index < -0.39 is 11.3 Å².